The Hall–Kier alpha value is -0.760. The van der Waals surface area contributed by atoms with Gasteiger partial charge in [0.15, 0.2) is 0 Å². The Kier molecular flexibility index (Phi) is 4.62. The van der Waals surface area contributed by atoms with Gasteiger partial charge >= 0.3 is 0 Å². The van der Waals surface area contributed by atoms with Gasteiger partial charge in [0.2, 0.25) is 0 Å². The highest BCUT2D eigenvalue weighted by atomic mass is 16.5. The third-order valence-corrected chi connectivity index (χ3v) is 1.59. The fourth-order valence-corrected chi connectivity index (χ4v) is 0.550. The summed E-state index contributed by atoms with van der Waals surface area (Å²) in [4.78, 5) is 0. The molecule has 0 aliphatic rings. The van der Waals surface area contributed by atoms with E-state index in [4.69, 9.17) is 4.74 Å². The molecule has 0 radical (unpaired) electrons. The number of ether oxygens (including phenoxy) is 1. The molecule has 0 fully saturated rings. The third-order valence-electron chi connectivity index (χ3n) is 1.59. The van der Waals surface area contributed by atoms with Gasteiger partial charge in [0.05, 0.1) is 6.04 Å². The van der Waals surface area contributed by atoms with Gasteiger partial charge in [0.25, 0.3) is 0 Å². The molecule has 64 valence electrons. The predicted octanol–water partition coefficient (Wildman–Crippen LogP) is 1.70. The first-order valence-electron chi connectivity index (χ1n) is 3.77. The van der Waals surface area contributed by atoms with Gasteiger partial charge in [0, 0.05) is 0 Å². The maximum Gasteiger partial charge on any atom is 0.113 e. The molecule has 0 rings (SSSR count). The van der Waals surface area contributed by atoms with Crippen molar-refractivity contribution in [3.8, 4) is 0 Å². The molecular weight excluding hydrogens is 138 g/mol. The first-order valence-corrected chi connectivity index (χ1v) is 3.77. The number of likely N-dealkylation sites (N-methyl/N-ethyl adjacent to an activating group) is 1. The summed E-state index contributed by atoms with van der Waals surface area (Å²) in [6.45, 7) is 11.3. The number of rotatable bonds is 5. The van der Waals surface area contributed by atoms with Gasteiger partial charge in [-0.3, -0.25) is 0 Å². The van der Waals surface area contributed by atoms with Crippen LogP contribution in [0.3, 0.4) is 0 Å². The fourth-order valence-electron chi connectivity index (χ4n) is 0.550. The standard InChI is InChI=1S/C9H17NO/c1-6-7(2)11-9(4)8(3)10-5/h6-8,10H,1,4H2,2-3,5H3. The second kappa shape index (κ2) is 4.97. The van der Waals surface area contributed by atoms with E-state index in [9.17, 15) is 0 Å². The Morgan fingerprint density at radius 3 is 2.45 bits per heavy atom. The smallest absolute Gasteiger partial charge is 0.113 e. The summed E-state index contributed by atoms with van der Waals surface area (Å²) in [5.74, 6) is 0.750. The molecule has 2 nitrogen and oxygen atoms in total. The molecule has 0 heterocycles. The van der Waals surface area contributed by atoms with Gasteiger partial charge in [-0.1, -0.05) is 19.2 Å². The molecule has 0 aromatic carbocycles. The molecule has 0 aromatic rings. The predicted molar refractivity (Wildman–Crippen MR) is 48.4 cm³/mol. The maximum absolute atomic E-state index is 5.38. The van der Waals surface area contributed by atoms with Crippen molar-refractivity contribution in [2.24, 2.45) is 0 Å². The lowest BCUT2D eigenvalue weighted by Crippen LogP contribution is -2.25. The van der Waals surface area contributed by atoms with Crippen molar-refractivity contribution in [2.75, 3.05) is 7.05 Å². The highest BCUT2D eigenvalue weighted by Crippen LogP contribution is 2.04. The van der Waals surface area contributed by atoms with Gasteiger partial charge in [-0.2, -0.15) is 0 Å². The highest BCUT2D eigenvalue weighted by molar-refractivity contribution is 4.96. The third kappa shape index (κ3) is 3.83. The second-order valence-electron chi connectivity index (χ2n) is 2.54. The van der Waals surface area contributed by atoms with Crippen molar-refractivity contribution in [1.29, 1.82) is 0 Å². The molecule has 0 aliphatic heterocycles. The number of hydrogen-bond acceptors (Lipinski definition) is 2. The summed E-state index contributed by atoms with van der Waals surface area (Å²) in [6, 6.07) is 0.192. The van der Waals surface area contributed by atoms with Crippen molar-refractivity contribution in [2.45, 2.75) is 26.0 Å². The zero-order chi connectivity index (χ0) is 8.85. The second-order valence-corrected chi connectivity index (χ2v) is 2.54. The van der Waals surface area contributed by atoms with E-state index in [1.165, 1.54) is 0 Å². The van der Waals surface area contributed by atoms with E-state index in [1.54, 1.807) is 6.08 Å². The lowest BCUT2D eigenvalue weighted by Gasteiger charge is -2.17. The first kappa shape index (κ1) is 10.2. The van der Waals surface area contributed by atoms with Gasteiger partial charge in [-0.25, -0.2) is 0 Å². The lowest BCUT2D eigenvalue weighted by molar-refractivity contribution is 0.153. The molecule has 1 N–H and O–H groups in total. The van der Waals surface area contributed by atoms with Crippen molar-refractivity contribution >= 4 is 0 Å². The molecule has 2 atom stereocenters. The van der Waals surface area contributed by atoms with Gasteiger partial charge in [-0.15, -0.1) is 0 Å². The minimum absolute atomic E-state index is 0.0401. The van der Waals surface area contributed by atoms with Crippen LogP contribution in [0, 0.1) is 0 Å². The Labute approximate surface area is 68.9 Å². The Morgan fingerprint density at radius 1 is 1.55 bits per heavy atom. The van der Waals surface area contributed by atoms with Crippen LogP contribution in [0.25, 0.3) is 0 Å². The molecule has 0 saturated heterocycles. The quantitative estimate of drug-likeness (QED) is 0.482. The summed E-state index contributed by atoms with van der Waals surface area (Å²) in [7, 11) is 1.87. The summed E-state index contributed by atoms with van der Waals surface area (Å²) in [6.07, 6.45) is 1.78. The zero-order valence-corrected chi connectivity index (χ0v) is 7.55. The summed E-state index contributed by atoms with van der Waals surface area (Å²) in [5.41, 5.74) is 0. The van der Waals surface area contributed by atoms with Crippen molar-refractivity contribution in [1.82, 2.24) is 5.32 Å². The normalized spacial score (nSPS) is 15.2. The molecular formula is C9H17NO. The molecule has 0 aliphatic carbocycles. The molecule has 0 aromatic heterocycles. The van der Waals surface area contributed by atoms with E-state index in [0.29, 0.717) is 0 Å². The molecule has 0 spiro atoms. The SMILES string of the molecule is C=CC(C)OC(=C)C(C)NC. The van der Waals surface area contributed by atoms with E-state index in [2.05, 4.69) is 18.5 Å². The minimum atomic E-state index is 0.0401. The zero-order valence-electron chi connectivity index (χ0n) is 7.55. The lowest BCUT2D eigenvalue weighted by atomic mass is 10.3. The van der Waals surface area contributed by atoms with Crippen LogP contribution in [0.1, 0.15) is 13.8 Å². The number of hydrogen-bond donors (Lipinski definition) is 1. The van der Waals surface area contributed by atoms with Crippen LogP contribution in [0.2, 0.25) is 0 Å². The molecule has 2 heteroatoms. The van der Waals surface area contributed by atoms with Crippen molar-refractivity contribution in [3.63, 3.8) is 0 Å². The van der Waals surface area contributed by atoms with Crippen LogP contribution >= 0.6 is 0 Å². The van der Waals surface area contributed by atoms with Crippen molar-refractivity contribution < 1.29 is 4.74 Å². The molecule has 11 heavy (non-hydrogen) atoms. The molecule has 0 amide bonds. The van der Waals surface area contributed by atoms with Gasteiger partial charge in [0.1, 0.15) is 11.9 Å². The average molecular weight is 155 g/mol. The first-order chi connectivity index (χ1) is 5.11. The summed E-state index contributed by atoms with van der Waals surface area (Å²) < 4.78 is 5.38. The van der Waals surface area contributed by atoms with E-state index >= 15 is 0 Å². The topological polar surface area (TPSA) is 21.3 Å². The van der Waals surface area contributed by atoms with E-state index in [1.807, 2.05) is 20.9 Å². The van der Waals surface area contributed by atoms with Crippen LogP contribution in [0.5, 0.6) is 0 Å². The van der Waals surface area contributed by atoms with Gasteiger partial charge in [-0.05, 0) is 20.9 Å². The number of nitrogens with one attached hydrogen (secondary N) is 1. The van der Waals surface area contributed by atoms with Crippen LogP contribution < -0.4 is 5.32 Å². The average Bonchev–Trinajstić information content (AvgIpc) is 2.02. The minimum Gasteiger partial charge on any atom is -0.490 e. The largest absolute Gasteiger partial charge is 0.490 e. The maximum atomic E-state index is 5.38. The van der Waals surface area contributed by atoms with Gasteiger partial charge < -0.3 is 10.1 Å². The summed E-state index contributed by atoms with van der Waals surface area (Å²) >= 11 is 0. The Bertz CT molecular complexity index is 142. The van der Waals surface area contributed by atoms with Crippen LogP contribution in [0.4, 0.5) is 0 Å². The Balaban J connectivity index is 3.76. The van der Waals surface area contributed by atoms with Crippen LogP contribution in [-0.2, 0) is 4.74 Å². The molecule has 0 bridgehead atoms. The van der Waals surface area contributed by atoms with Crippen molar-refractivity contribution in [3.05, 3.63) is 25.0 Å². The summed E-state index contributed by atoms with van der Waals surface area (Å²) in [5, 5.41) is 3.04. The fraction of sp³-hybridized carbons (Fsp3) is 0.556. The molecule has 2 unspecified atom stereocenters. The van der Waals surface area contributed by atoms with Crippen LogP contribution in [0.15, 0.2) is 25.0 Å². The Morgan fingerprint density at radius 2 is 2.09 bits per heavy atom. The molecule has 0 saturated carbocycles. The van der Waals surface area contributed by atoms with E-state index in [-0.39, 0.29) is 12.1 Å². The van der Waals surface area contributed by atoms with E-state index in [0.717, 1.165) is 5.76 Å². The van der Waals surface area contributed by atoms with Crippen LogP contribution in [-0.4, -0.2) is 19.2 Å². The van der Waals surface area contributed by atoms with E-state index < -0.39 is 0 Å². The monoisotopic (exact) mass is 155 g/mol. The highest BCUT2D eigenvalue weighted by Gasteiger charge is 2.06.